The smallest absolute Gasteiger partial charge is 0.224 e. The lowest BCUT2D eigenvalue weighted by Gasteiger charge is -2.29. The van der Waals surface area contributed by atoms with E-state index in [-0.39, 0.29) is 16.6 Å². The third kappa shape index (κ3) is 2.94. The highest BCUT2D eigenvalue weighted by atomic mass is 32.2. The normalized spacial score (nSPS) is 14.6. The Labute approximate surface area is 118 Å². The van der Waals surface area contributed by atoms with E-state index in [0.717, 1.165) is 0 Å². The van der Waals surface area contributed by atoms with Crippen LogP contribution in [0.1, 0.15) is 13.3 Å². The Kier molecular flexibility index (Phi) is 4.29. The largest absolute Gasteiger partial charge is 0.490 e. The van der Waals surface area contributed by atoms with E-state index in [4.69, 9.17) is 10.5 Å². The predicted molar refractivity (Wildman–Crippen MR) is 75.7 cm³/mol. The fraction of sp³-hybridized carbons (Fsp3) is 0.462. The first-order valence-corrected chi connectivity index (χ1v) is 8.09. The van der Waals surface area contributed by atoms with Gasteiger partial charge in [-0.05, 0) is 31.2 Å². The number of ether oxygens (including phenoxy) is 1. The first-order valence-electron chi connectivity index (χ1n) is 6.43. The predicted octanol–water partition coefficient (Wildman–Crippen LogP) is 0.554. The number of rotatable bonds is 4. The molecule has 0 fully saturated rings. The van der Waals surface area contributed by atoms with E-state index in [2.05, 4.69) is 0 Å². The number of fused-ring (bicyclic) bond motifs is 1. The highest BCUT2D eigenvalue weighted by molar-refractivity contribution is 7.91. The van der Waals surface area contributed by atoms with Crippen LogP contribution in [0, 0.1) is 0 Å². The minimum atomic E-state index is -3.38. The van der Waals surface area contributed by atoms with E-state index in [1.807, 2.05) is 0 Å². The third-order valence-electron chi connectivity index (χ3n) is 3.15. The number of sulfone groups is 1. The summed E-state index contributed by atoms with van der Waals surface area (Å²) < 4.78 is 29.8. The second-order valence-electron chi connectivity index (χ2n) is 4.61. The molecule has 0 bridgehead atoms. The van der Waals surface area contributed by atoms with Crippen molar-refractivity contribution in [1.29, 1.82) is 0 Å². The van der Waals surface area contributed by atoms with Crippen molar-refractivity contribution in [3.8, 4) is 5.75 Å². The minimum Gasteiger partial charge on any atom is -0.490 e. The molecule has 2 rings (SSSR count). The maximum Gasteiger partial charge on any atom is 0.224 e. The quantitative estimate of drug-likeness (QED) is 0.877. The van der Waals surface area contributed by atoms with Crippen LogP contribution in [0.4, 0.5) is 5.69 Å². The number of hydrogen-bond acceptors (Lipinski definition) is 5. The fourth-order valence-electron chi connectivity index (χ4n) is 2.11. The summed E-state index contributed by atoms with van der Waals surface area (Å²) in [6.07, 6.45) is 0.409. The van der Waals surface area contributed by atoms with E-state index in [0.29, 0.717) is 37.6 Å². The zero-order valence-corrected chi connectivity index (χ0v) is 12.1. The Morgan fingerprint density at radius 1 is 1.45 bits per heavy atom. The van der Waals surface area contributed by atoms with Crippen molar-refractivity contribution in [2.75, 3.05) is 30.3 Å². The van der Waals surface area contributed by atoms with Gasteiger partial charge in [0.2, 0.25) is 5.91 Å². The minimum absolute atomic E-state index is 0.00319. The van der Waals surface area contributed by atoms with Gasteiger partial charge in [-0.15, -0.1) is 0 Å². The van der Waals surface area contributed by atoms with Crippen molar-refractivity contribution < 1.29 is 17.9 Å². The molecule has 7 heteroatoms. The molecule has 0 aliphatic carbocycles. The summed E-state index contributed by atoms with van der Waals surface area (Å²) in [6.45, 7) is 2.61. The molecular weight excluding hydrogens is 280 g/mol. The number of anilines is 1. The summed E-state index contributed by atoms with van der Waals surface area (Å²) in [4.78, 5) is 13.3. The first kappa shape index (κ1) is 14.8. The highest BCUT2D eigenvalue weighted by Gasteiger charge is 2.24. The monoisotopic (exact) mass is 298 g/mol. The fourth-order valence-corrected chi connectivity index (χ4v) is 3.46. The average Bonchev–Trinajstić information content (AvgIpc) is 2.43. The summed E-state index contributed by atoms with van der Waals surface area (Å²) in [7, 11) is -3.38. The van der Waals surface area contributed by atoms with Gasteiger partial charge < -0.3 is 15.4 Å². The molecule has 0 saturated heterocycles. The van der Waals surface area contributed by atoms with Gasteiger partial charge in [-0.3, -0.25) is 4.79 Å². The maximum absolute atomic E-state index is 12.2. The van der Waals surface area contributed by atoms with Gasteiger partial charge in [0.05, 0.1) is 22.9 Å². The molecule has 1 heterocycles. The molecule has 1 aromatic rings. The van der Waals surface area contributed by atoms with Crippen molar-refractivity contribution in [3.63, 3.8) is 0 Å². The second-order valence-corrected chi connectivity index (χ2v) is 6.72. The molecule has 1 amide bonds. The molecule has 20 heavy (non-hydrogen) atoms. The van der Waals surface area contributed by atoms with Gasteiger partial charge in [-0.2, -0.15) is 0 Å². The number of benzene rings is 1. The van der Waals surface area contributed by atoms with Crippen LogP contribution in [-0.2, 0) is 14.6 Å². The Morgan fingerprint density at radius 2 is 2.20 bits per heavy atom. The van der Waals surface area contributed by atoms with E-state index in [1.54, 1.807) is 6.07 Å². The summed E-state index contributed by atoms with van der Waals surface area (Å²) >= 11 is 0. The Balaban J connectivity index is 2.39. The van der Waals surface area contributed by atoms with Crippen LogP contribution < -0.4 is 15.4 Å². The van der Waals surface area contributed by atoms with Crippen LogP contribution in [0.5, 0.6) is 5.75 Å². The standard InChI is InChI=1S/C13H18N2O4S/c1-10(16)15-6-7-19-13-4-3-11(9-12(13)15)20(17,18)8-2-5-14/h3-4,9H,2,5-8,14H2,1H3. The number of nitrogens with zero attached hydrogens (tertiary/aromatic N) is 1. The van der Waals surface area contributed by atoms with E-state index in [1.165, 1.54) is 24.0 Å². The van der Waals surface area contributed by atoms with Crippen molar-refractivity contribution in [1.82, 2.24) is 0 Å². The Hall–Kier alpha value is -1.60. The Bertz CT molecular complexity index is 613. The SMILES string of the molecule is CC(=O)N1CCOc2ccc(S(=O)(=O)CCCN)cc21. The number of nitrogens with two attached hydrogens (primary N) is 1. The van der Waals surface area contributed by atoms with Crippen LogP contribution in [-0.4, -0.2) is 39.8 Å². The van der Waals surface area contributed by atoms with E-state index >= 15 is 0 Å². The van der Waals surface area contributed by atoms with E-state index < -0.39 is 9.84 Å². The molecular formula is C13H18N2O4S. The lowest BCUT2D eigenvalue weighted by molar-refractivity contribution is -0.116. The van der Waals surface area contributed by atoms with Crippen LogP contribution in [0.15, 0.2) is 23.1 Å². The molecule has 0 spiro atoms. The first-order chi connectivity index (χ1) is 9.45. The lowest BCUT2D eigenvalue weighted by Crippen LogP contribution is -2.36. The van der Waals surface area contributed by atoms with Gasteiger partial charge in [0.25, 0.3) is 0 Å². The number of carbonyl (C=O) groups is 1. The van der Waals surface area contributed by atoms with Gasteiger partial charge in [-0.25, -0.2) is 8.42 Å². The second kappa shape index (κ2) is 5.80. The van der Waals surface area contributed by atoms with Crippen molar-refractivity contribution in [2.24, 2.45) is 5.73 Å². The molecule has 0 aromatic heterocycles. The molecule has 0 unspecified atom stereocenters. The average molecular weight is 298 g/mol. The topological polar surface area (TPSA) is 89.7 Å². The van der Waals surface area contributed by atoms with Crippen molar-refractivity contribution in [2.45, 2.75) is 18.2 Å². The zero-order chi connectivity index (χ0) is 14.8. The highest BCUT2D eigenvalue weighted by Crippen LogP contribution is 2.34. The van der Waals surface area contributed by atoms with Crippen LogP contribution >= 0.6 is 0 Å². The molecule has 110 valence electrons. The maximum atomic E-state index is 12.2. The molecule has 1 aliphatic rings. The summed E-state index contributed by atoms with van der Waals surface area (Å²) in [6, 6.07) is 4.61. The van der Waals surface area contributed by atoms with Crippen LogP contribution in [0.25, 0.3) is 0 Å². The molecule has 1 aliphatic heterocycles. The summed E-state index contributed by atoms with van der Waals surface area (Å²) in [5.74, 6) is 0.402. The number of amides is 1. The van der Waals surface area contributed by atoms with Gasteiger partial charge in [0, 0.05) is 6.92 Å². The molecule has 6 nitrogen and oxygen atoms in total. The van der Waals surface area contributed by atoms with E-state index in [9.17, 15) is 13.2 Å². The molecule has 1 aromatic carbocycles. The molecule has 0 saturated carbocycles. The zero-order valence-electron chi connectivity index (χ0n) is 11.3. The van der Waals surface area contributed by atoms with Crippen LogP contribution in [0.2, 0.25) is 0 Å². The van der Waals surface area contributed by atoms with Gasteiger partial charge in [0.1, 0.15) is 12.4 Å². The number of carbonyl (C=O) groups excluding carboxylic acids is 1. The van der Waals surface area contributed by atoms with Gasteiger partial charge in [-0.1, -0.05) is 0 Å². The third-order valence-corrected chi connectivity index (χ3v) is 4.95. The lowest BCUT2D eigenvalue weighted by atomic mass is 10.2. The van der Waals surface area contributed by atoms with Crippen molar-refractivity contribution in [3.05, 3.63) is 18.2 Å². The van der Waals surface area contributed by atoms with Gasteiger partial charge >= 0.3 is 0 Å². The summed E-state index contributed by atoms with van der Waals surface area (Å²) in [5, 5.41) is 0. The number of hydrogen-bond donors (Lipinski definition) is 1. The molecule has 0 radical (unpaired) electrons. The summed E-state index contributed by atoms with van der Waals surface area (Å²) in [5.41, 5.74) is 5.86. The molecule has 2 N–H and O–H groups in total. The molecule has 0 atom stereocenters. The van der Waals surface area contributed by atoms with Gasteiger partial charge in [0.15, 0.2) is 9.84 Å². The Morgan fingerprint density at radius 3 is 2.85 bits per heavy atom. The van der Waals surface area contributed by atoms with Crippen LogP contribution in [0.3, 0.4) is 0 Å². The van der Waals surface area contributed by atoms with Crippen molar-refractivity contribution >= 4 is 21.4 Å².